The summed E-state index contributed by atoms with van der Waals surface area (Å²) in [6.45, 7) is 4.94. The normalized spacial score (nSPS) is 15.7. The summed E-state index contributed by atoms with van der Waals surface area (Å²) in [5, 5.41) is 8.37. The molecule has 1 heterocycles. The van der Waals surface area contributed by atoms with E-state index in [0.29, 0.717) is 45.3 Å². The number of sulfonamides is 1. The van der Waals surface area contributed by atoms with Crippen LogP contribution < -0.4 is 10.5 Å². The zero-order valence-corrected chi connectivity index (χ0v) is 15.8. The first kappa shape index (κ1) is 20.0. The Kier molecular flexibility index (Phi) is 6.81. The topological polar surface area (TPSA) is 117 Å². The van der Waals surface area contributed by atoms with Crippen LogP contribution in [0, 0.1) is 0 Å². The van der Waals surface area contributed by atoms with Gasteiger partial charge < -0.3 is 19.9 Å². The number of benzene rings is 1. The maximum Gasteiger partial charge on any atom is 0.409 e. The van der Waals surface area contributed by atoms with Crippen molar-refractivity contribution in [2.75, 3.05) is 39.8 Å². The molecule has 0 bridgehead atoms. The van der Waals surface area contributed by atoms with Crippen molar-refractivity contribution in [3.63, 3.8) is 0 Å². The van der Waals surface area contributed by atoms with Crippen LogP contribution in [0.25, 0.3) is 0 Å². The SMILES string of the molecule is CCOC(=O)N1CCN(C(=NC)NCc2cccc(S(N)(=O)=O)c2)CC1. The monoisotopic (exact) mass is 383 g/mol. The molecule has 0 spiro atoms. The second-order valence-electron chi connectivity index (χ2n) is 5.77. The molecule has 144 valence electrons. The zero-order valence-electron chi connectivity index (χ0n) is 15.0. The Labute approximate surface area is 153 Å². The van der Waals surface area contributed by atoms with Gasteiger partial charge in [-0.1, -0.05) is 12.1 Å². The number of piperazine rings is 1. The van der Waals surface area contributed by atoms with Crippen molar-refractivity contribution < 1.29 is 17.9 Å². The molecule has 0 radical (unpaired) electrons. The summed E-state index contributed by atoms with van der Waals surface area (Å²) in [7, 11) is -2.05. The van der Waals surface area contributed by atoms with Crippen LogP contribution in [-0.2, 0) is 21.3 Å². The van der Waals surface area contributed by atoms with Gasteiger partial charge in [0.25, 0.3) is 0 Å². The van der Waals surface area contributed by atoms with Gasteiger partial charge in [-0.05, 0) is 24.6 Å². The molecule has 3 N–H and O–H groups in total. The zero-order chi connectivity index (χ0) is 19.2. The molecule has 2 rings (SSSR count). The summed E-state index contributed by atoms with van der Waals surface area (Å²) in [6, 6.07) is 6.46. The molecule has 0 unspecified atom stereocenters. The van der Waals surface area contributed by atoms with Gasteiger partial charge in [-0.3, -0.25) is 4.99 Å². The smallest absolute Gasteiger partial charge is 0.409 e. The number of aliphatic imine (C=N–C) groups is 1. The van der Waals surface area contributed by atoms with Gasteiger partial charge >= 0.3 is 6.09 Å². The summed E-state index contributed by atoms with van der Waals surface area (Å²) < 4.78 is 27.9. The van der Waals surface area contributed by atoms with E-state index < -0.39 is 10.0 Å². The first-order valence-electron chi connectivity index (χ1n) is 8.34. The number of nitrogens with two attached hydrogens (primary N) is 1. The van der Waals surface area contributed by atoms with Crippen LogP contribution >= 0.6 is 0 Å². The number of carbonyl (C=O) groups is 1. The first-order chi connectivity index (χ1) is 12.3. The van der Waals surface area contributed by atoms with E-state index in [0.717, 1.165) is 5.56 Å². The van der Waals surface area contributed by atoms with Crippen molar-refractivity contribution in [1.82, 2.24) is 15.1 Å². The van der Waals surface area contributed by atoms with E-state index in [1.165, 1.54) is 12.1 Å². The summed E-state index contributed by atoms with van der Waals surface area (Å²) in [6.07, 6.45) is -0.296. The van der Waals surface area contributed by atoms with Crippen LogP contribution in [0.5, 0.6) is 0 Å². The highest BCUT2D eigenvalue weighted by Crippen LogP contribution is 2.10. The average molecular weight is 383 g/mol. The fourth-order valence-corrected chi connectivity index (χ4v) is 3.25. The minimum atomic E-state index is -3.73. The molecule has 0 aromatic heterocycles. The number of ether oxygens (including phenoxy) is 1. The Bertz CT molecular complexity index is 758. The number of rotatable bonds is 4. The molecule has 26 heavy (non-hydrogen) atoms. The maximum atomic E-state index is 11.7. The number of nitrogens with zero attached hydrogens (tertiary/aromatic N) is 3. The van der Waals surface area contributed by atoms with E-state index in [9.17, 15) is 13.2 Å². The van der Waals surface area contributed by atoms with Crippen molar-refractivity contribution in [2.24, 2.45) is 10.1 Å². The number of hydrogen-bond donors (Lipinski definition) is 2. The summed E-state index contributed by atoms with van der Waals surface area (Å²) in [5.41, 5.74) is 0.780. The predicted octanol–water partition coefficient (Wildman–Crippen LogP) is 0.184. The van der Waals surface area contributed by atoms with Gasteiger partial charge in [0.1, 0.15) is 0 Å². The van der Waals surface area contributed by atoms with Gasteiger partial charge in [0.05, 0.1) is 11.5 Å². The molecule has 0 saturated carbocycles. The molecule has 1 saturated heterocycles. The molecule has 10 heteroatoms. The number of primary sulfonamides is 1. The van der Waals surface area contributed by atoms with Gasteiger partial charge in [0, 0.05) is 39.8 Å². The Morgan fingerprint density at radius 3 is 2.50 bits per heavy atom. The minimum Gasteiger partial charge on any atom is -0.450 e. The second kappa shape index (κ2) is 8.86. The number of hydrogen-bond acceptors (Lipinski definition) is 5. The van der Waals surface area contributed by atoms with Crippen molar-refractivity contribution in [3.8, 4) is 0 Å². The Hall–Kier alpha value is -2.33. The Balaban J connectivity index is 1.92. The van der Waals surface area contributed by atoms with E-state index in [1.54, 1.807) is 24.9 Å². The van der Waals surface area contributed by atoms with Gasteiger partial charge in [-0.2, -0.15) is 0 Å². The number of carbonyl (C=O) groups excluding carboxylic acids is 1. The average Bonchev–Trinajstić information content (AvgIpc) is 2.62. The largest absolute Gasteiger partial charge is 0.450 e. The molecule has 1 aliphatic heterocycles. The summed E-state index contributed by atoms with van der Waals surface area (Å²) in [4.78, 5) is 19.8. The third kappa shape index (κ3) is 5.33. The van der Waals surface area contributed by atoms with E-state index in [-0.39, 0.29) is 11.0 Å². The lowest BCUT2D eigenvalue weighted by Gasteiger charge is -2.35. The molecule has 1 aliphatic rings. The molecule has 9 nitrogen and oxygen atoms in total. The van der Waals surface area contributed by atoms with Crippen molar-refractivity contribution in [2.45, 2.75) is 18.4 Å². The van der Waals surface area contributed by atoms with Crippen molar-refractivity contribution in [1.29, 1.82) is 0 Å². The van der Waals surface area contributed by atoms with E-state index in [4.69, 9.17) is 9.88 Å². The quantitative estimate of drug-likeness (QED) is 0.566. The third-order valence-electron chi connectivity index (χ3n) is 3.99. The summed E-state index contributed by atoms with van der Waals surface area (Å²) in [5.74, 6) is 0.689. The highest BCUT2D eigenvalue weighted by atomic mass is 32.2. The van der Waals surface area contributed by atoms with Crippen LogP contribution in [0.2, 0.25) is 0 Å². The van der Waals surface area contributed by atoms with Crippen LogP contribution in [0.4, 0.5) is 4.79 Å². The molecular formula is C16H25N5O4S. The minimum absolute atomic E-state index is 0.0786. The van der Waals surface area contributed by atoms with E-state index in [1.807, 2.05) is 11.0 Å². The molecule has 0 atom stereocenters. The molecule has 1 fully saturated rings. The number of guanidine groups is 1. The highest BCUT2D eigenvalue weighted by Gasteiger charge is 2.23. The molecule has 1 aromatic rings. The van der Waals surface area contributed by atoms with Gasteiger partial charge in [0.15, 0.2) is 5.96 Å². The van der Waals surface area contributed by atoms with Crippen molar-refractivity contribution >= 4 is 22.1 Å². The van der Waals surface area contributed by atoms with Crippen LogP contribution in [0.1, 0.15) is 12.5 Å². The lowest BCUT2D eigenvalue weighted by molar-refractivity contribution is 0.0914. The van der Waals surface area contributed by atoms with Crippen LogP contribution in [-0.4, -0.2) is 70.1 Å². The lowest BCUT2D eigenvalue weighted by atomic mass is 10.2. The molecular weight excluding hydrogens is 358 g/mol. The lowest BCUT2D eigenvalue weighted by Crippen LogP contribution is -2.53. The van der Waals surface area contributed by atoms with Gasteiger partial charge in [0.2, 0.25) is 10.0 Å². The third-order valence-corrected chi connectivity index (χ3v) is 4.91. The van der Waals surface area contributed by atoms with Crippen LogP contribution in [0.15, 0.2) is 34.2 Å². The standard InChI is InChI=1S/C16H25N5O4S/c1-3-25-16(22)21-9-7-20(8-10-21)15(18-2)19-12-13-5-4-6-14(11-13)26(17,23)24/h4-6,11H,3,7-10,12H2,1-2H3,(H,18,19)(H2,17,23,24). The van der Waals surface area contributed by atoms with E-state index >= 15 is 0 Å². The number of nitrogens with one attached hydrogen (secondary N) is 1. The Morgan fingerprint density at radius 1 is 1.27 bits per heavy atom. The molecule has 1 aromatic carbocycles. The van der Waals surface area contributed by atoms with Gasteiger partial charge in [-0.25, -0.2) is 18.4 Å². The fraction of sp³-hybridized carbons (Fsp3) is 0.500. The fourth-order valence-electron chi connectivity index (χ4n) is 2.66. The van der Waals surface area contributed by atoms with Gasteiger partial charge in [-0.15, -0.1) is 0 Å². The first-order valence-corrected chi connectivity index (χ1v) is 9.88. The summed E-state index contributed by atoms with van der Waals surface area (Å²) >= 11 is 0. The molecule has 0 aliphatic carbocycles. The van der Waals surface area contributed by atoms with Crippen molar-refractivity contribution in [3.05, 3.63) is 29.8 Å². The van der Waals surface area contributed by atoms with E-state index in [2.05, 4.69) is 10.3 Å². The predicted molar refractivity (Wildman–Crippen MR) is 98.2 cm³/mol. The maximum absolute atomic E-state index is 11.7. The second-order valence-corrected chi connectivity index (χ2v) is 7.33. The molecule has 1 amide bonds. The number of amides is 1. The highest BCUT2D eigenvalue weighted by molar-refractivity contribution is 7.89. The van der Waals surface area contributed by atoms with Crippen LogP contribution in [0.3, 0.4) is 0 Å². The Morgan fingerprint density at radius 2 is 1.92 bits per heavy atom.